The highest BCUT2D eigenvalue weighted by atomic mass is 16.6. The van der Waals surface area contributed by atoms with Crippen LogP contribution in [0.25, 0.3) is 0 Å². The number of aromatic nitrogens is 2. The van der Waals surface area contributed by atoms with Crippen molar-refractivity contribution in [3.63, 3.8) is 0 Å². The number of nitrogens with one attached hydrogen (secondary N) is 2. The van der Waals surface area contributed by atoms with E-state index < -0.39 is 17.2 Å². The van der Waals surface area contributed by atoms with Crippen molar-refractivity contribution >= 4 is 35.7 Å². The van der Waals surface area contributed by atoms with E-state index >= 15 is 0 Å². The molecule has 1 aliphatic rings. The van der Waals surface area contributed by atoms with E-state index in [-0.39, 0.29) is 17.7 Å². The van der Waals surface area contributed by atoms with Crippen LogP contribution in [0.1, 0.15) is 71.9 Å². The van der Waals surface area contributed by atoms with Gasteiger partial charge in [0.2, 0.25) is 12.3 Å². The van der Waals surface area contributed by atoms with Gasteiger partial charge in [0.25, 0.3) is 0 Å². The third kappa shape index (κ3) is 10.2. The van der Waals surface area contributed by atoms with Crippen molar-refractivity contribution in [1.82, 2.24) is 25.1 Å². The molecule has 4 N–H and O–H groups in total. The van der Waals surface area contributed by atoms with E-state index in [0.29, 0.717) is 43.5 Å². The predicted molar refractivity (Wildman–Crippen MR) is 180 cm³/mol. The number of nitrogens with two attached hydrogens (primary N) is 1. The van der Waals surface area contributed by atoms with Crippen molar-refractivity contribution in [2.24, 2.45) is 5.92 Å². The minimum atomic E-state index is -1.02. The number of carbonyl (C=O) groups excluding carboxylic acids is 3. The maximum atomic E-state index is 12.9. The topological polar surface area (TPSA) is 155 Å². The number of nitrogen functional groups attached to an aromatic ring is 1. The van der Waals surface area contributed by atoms with Gasteiger partial charge < -0.3 is 30.7 Å². The SMILES string of the molecule is CCOc1nc(N)c(NC=O)c(N(C)Cc2ccc(CN3CCC(CCNC(=O)C(C)(C)N(C)C(=O)OC(C)(C)C)CC3)cc2)n1. The van der Waals surface area contributed by atoms with Crippen LogP contribution < -0.4 is 26.0 Å². The standard InChI is InChI=1S/C33H52N8O5/c1-9-45-30-37-27(34)26(36-22-42)28(38-30)39(7)20-24-10-12-25(13-11-24)21-41-18-15-23(16-19-41)14-17-35-29(43)33(5,6)40(8)31(44)46-32(2,3)4/h10-13,22-23H,9,14-21H2,1-8H3,(H,35,43)(H,36,42)(H2,34,37,38). The van der Waals surface area contributed by atoms with Crippen LogP contribution in [0, 0.1) is 5.92 Å². The fraction of sp³-hybridized carbons (Fsp3) is 0.606. The number of hydrogen-bond acceptors (Lipinski definition) is 10. The molecule has 0 saturated carbocycles. The monoisotopic (exact) mass is 640 g/mol. The highest BCUT2D eigenvalue weighted by Gasteiger charge is 2.37. The lowest BCUT2D eigenvalue weighted by atomic mass is 9.93. The summed E-state index contributed by atoms with van der Waals surface area (Å²) in [6.45, 7) is 15.1. The molecular weight excluding hydrogens is 588 g/mol. The number of anilines is 3. The Morgan fingerprint density at radius 1 is 1.07 bits per heavy atom. The van der Waals surface area contributed by atoms with Crippen molar-refractivity contribution < 1.29 is 23.9 Å². The van der Waals surface area contributed by atoms with E-state index in [0.717, 1.165) is 44.5 Å². The molecule has 1 fully saturated rings. The van der Waals surface area contributed by atoms with E-state index in [1.54, 1.807) is 41.7 Å². The minimum Gasteiger partial charge on any atom is -0.464 e. The molecule has 1 aliphatic heterocycles. The summed E-state index contributed by atoms with van der Waals surface area (Å²) in [5.74, 6) is 0.969. The quantitative estimate of drug-likeness (QED) is 0.258. The Bertz CT molecular complexity index is 1320. The molecule has 46 heavy (non-hydrogen) atoms. The molecule has 3 rings (SSSR count). The fourth-order valence-electron chi connectivity index (χ4n) is 5.22. The lowest BCUT2D eigenvalue weighted by molar-refractivity contribution is -0.130. The summed E-state index contributed by atoms with van der Waals surface area (Å²) in [6.07, 6.45) is 3.08. The molecule has 0 spiro atoms. The van der Waals surface area contributed by atoms with Crippen LogP contribution in [0.5, 0.6) is 6.01 Å². The molecular formula is C33H52N8O5. The number of piperidine rings is 1. The van der Waals surface area contributed by atoms with Crippen molar-refractivity contribution in [2.45, 2.75) is 85.0 Å². The molecule has 0 bridgehead atoms. The van der Waals surface area contributed by atoms with Crippen LogP contribution in [0.3, 0.4) is 0 Å². The first-order chi connectivity index (χ1) is 21.6. The van der Waals surface area contributed by atoms with Crippen molar-refractivity contribution in [2.75, 3.05) is 56.3 Å². The lowest BCUT2D eigenvalue weighted by Crippen LogP contribution is -2.56. The number of nitrogens with zero attached hydrogens (tertiary/aromatic N) is 5. The summed E-state index contributed by atoms with van der Waals surface area (Å²) in [4.78, 5) is 50.8. The van der Waals surface area contributed by atoms with Gasteiger partial charge in [-0.1, -0.05) is 24.3 Å². The van der Waals surface area contributed by atoms with Crippen molar-refractivity contribution in [1.29, 1.82) is 0 Å². The number of carbonyl (C=O) groups is 3. The molecule has 13 heteroatoms. The molecule has 0 atom stereocenters. The second-order valence-electron chi connectivity index (χ2n) is 13.3. The van der Waals surface area contributed by atoms with Gasteiger partial charge in [0.05, 0.1) is 6.61 Å². The summed E-state index contributed by atoms with van der Waals surface area (Å²) in [6, 6.07) is 8.65. The van der Waals surface area contributed by atoms with Crippen LogP contribution in [0.15, 0.2) is 24.3 Å². The second-order valence-corrected chi connectivity index (χ2v) is 13.3. The maximum absolute atomic E-state index is 12.9. The summed E-state index contributed by atoms with van der Waals surface area (Å²) in [7, 11) is 3.47. The molecule has 0 aliphatic carbocycles. The van der Waals surface area contributed by atoms with E-state index in [9.17, 15) is 14.4 Å². The molecule has 254 valence electrons. The third-order valence-corrected chi connectivity index (χ3v) is 8.19. The predicted octanol–water partition coefficient (Wildman–Crippen LogP) is 4.03. The number of benzene rings is 1. The van der Waals surface area contributed by atoms with Gasteiger partial charge >= 0.3 is 12.1 Å². The normalized spacial score (nSPS) is 14.3. The molecule has 1 aromatic carbocycles. The average Bonchev–Trinajstić information content (AvgIpc) is 2.99. The Balaban J connectivity index is 1.45. The van der Waals surface area contributed by atoms with Crippen LogP contribution in [0.2, 0.25) is 0 Å². The number of likely N-dealkylation sites (tertiary alicyclic amines) is 1. The number of hydrogen-bond donors (Lipinski definition) is 3. The smallest absolute Gasteiger partial charge is 0.410 e. The fourth-order valence-corrected chi connectivity index (χ4v) is 5.22. The Kier molecular flexibility index (Phi) is 12.6. The van der Waals surface area contributed by atoms with Gasteiger partial charge in [-0.05, 0) is 90.9 Å². The van der Waals surface area contributed by atoms with E-state index in [4.69, 9.17) is 15.2 Å². The summed E-state index contributed by atoms with van der Waals surface area (Å²) >= 11 is 0. The molecule has 0 radical (unpaired) electrons. The summed E-state index contributed by atoms with van der Waals surface area (Å²) in [5.41, 5.74) is 7.07. The van der Waals surface area contributed by atoms with Crippen molar-refractivity contribution in [3.8, 4) is 6.01 Å². The van der Waals surface area contributed by atoms with E-state index in [1.165, 1.54) is 10.5 Å². The first-order valence-corrected chi connectivity index (χ1v) is 15.9. The molecule has 0 unspecified atom stereocenters. The first kappa shape index (κ1) is 36.3. The van der Waals surface area contributed by atoms with Gasteiger partial charge in [-0.25, -0.2) is 4.79 Å². The largest absolute Gasteiger partial charge is 0.464 e. The van der Waals surface area contributed by atoms with Crippen molar-refractivity contribution in [3.05, 3.63) is 35.4 Å². The van der Waals surface area contributed by atoms with Gasteiger partial charge in [-0.15, -0.1) is 0 Å². The zero-order valence-corrected chi connectivity index (χ0v) is 28.7. The second kappa shape index (κ2) is 15.9. The van der Waals surface area contributed by atoms with Gasteiger partial charge in [0.1, 0.15) is 16.8 Å². The Labute approximate surface area is 273 Å². The number of rotatable bonds is 14. The Morgan fingerprint density at radius 3 is 2.28 bits per heavy atom. The minimum absolute atomic E-state index is 0.142. The number of amides is 3. The summed E-state index contributed by atoms with van der Waals surface area (Å²) in [5, 5.41) is 5.63. The zero-order valence-electron chi connectivity index (χ0n) is 28.7. The highest BCUT2D eigenvalue weighted by Crippen LogP contribution is 2.31. The molecule has 1 aromatic heterocycles. The van der Waals surface area contributed by atoms with E-state index in [2.05, 4.69) is 49.8 Å². The first-order valence-electron chi connectivity index (χ1n) is 15.9. The van der Waals surface area contributed by atoms with Crippen LogP contribution in [-0.2, 0) is 27.4 Å². The molecule has 2 heterocycles. The Hall–Kier alpha value is -4.13. The number of ether oxygens (including phenoxy) is 2. The Morgan fingerprint density at radius 2 is 1.70 bits per heavy atom. The lowest BCUT2D eigenvalue weighted by Gasteiger charge is -2.36. The van der Waals surface area contributed by atoms with Gasteiger partial charge in [0, 0.05) is 33.7 Å². The van der Waals surface area contributed by atoms with Crippen LogP contribution in [-0.4, -0.2) is 89.7 Å². The molecule has 13 nitrogen and oxygen atoms in total. The average molecular weight is 641 g/mol. The zero-order chi connectivity index (χ0) is 34.1. The molecule has 3 amide bonds. The molecule has 2 aromatic rings. The van der Waals surface area contributed by atoms with Crippen LogP contribution >= 0.6 is 0 Å². The van der Waals surface area contributed by atoms with Crippen LogP contribution in [0.4, 0.5) is 22.1 Å². The van der Waals surface area contributed by atoms with Gasteiger partial charge in [0.15, 0.2) is 11.6 Å². The van der Waals surface area contributed by atoms with Gasteiger partial charge in [-0.2, -0.15) is 9.97 Å². The molecule has 1 saturated heterocycles. The highest BCUT2D eigenvalue weighted by molar-refractivity contribution is 5.89. The number of likely N-dealkylation sites (N-methyl/N-ethyl adjacent to an activating group) is 1. The maximum Gasteiger partial charge on any atom is 0.410 e. The van der Waals surface area contributed by atoms with E-state index in [1.807, 2.05) is 18.9 Å². The van der Waals surface area contributed by atoms with Gasteiger partial charge in [-0.3, -0.25) is 19.4 Å². The third-order valence-electron chi connectivity index (χ3n) is 8.19. The summed E-state index contributed by atoms with van der Waals surface area (Å²) < 4.78 is 10.9.